The van der Waals surface area contributed by atoms with Crippen molar-refractivity contribution in [2.45, 2.75) is 44.6 Å². The minimum atomic E-state index is -0.562. The van der Waals surface area contributed by atoms with Gasteiger partial charge in [-0.15, -0.1) is 0 Å². The van der Waals surface area contributed by atoms with E-state index in [0.29, 0.717) is 32.1 Å². The molecular weight excluding hydrogens is 322 g/mol. The lowest BCUT2D eigenvalue weighted by Gasteiger charge is -2.39. The molecule has 0 saturated carbocycles. The van der Waals surface area contributed by atoms with Crippen LogP contribution in [0, 0.1) is 0 Å². The van der Waals surface area contributed by atoms with Crippen LogP contribution in [0.2, 0.25) is 0 Å². The van der Waals surface area contributed by atoms with Gasteiger partial charge in [0.2, 0.25) is 11.9 Å². The molecule has 3 heterocycles. The van der Waals surface area contributed by atoms with Crippen molar-refractivity contribution in [1.29, 1.82) is 0 Å². The highest BCUT2D eigenvalue weighted by Crippen LogP contribution is 2.16. The Hall–Kier alpha value is -1.77. The smallest absolute Gasteiger partial charge is 0.236 e. The predicted molar refractivity (Wildman–Crippen MR) is 93.1 cm³/mol. The fourth-order valence-corrected chi connectivity index (χ4v) is 3.52. The van der Waals surface area contributed by atoms with Gasteiger partial charge in [0, 0.05) is 38.6 Å². The highest BCUT2D eigenvalue weighted by Gasteiger charge is 2.31. The van der Waals surface area contributed by atoms with Gasteiger partial charge in [-0.2, -0.15) is 0 Å². The zero-order valence-corrected chi connectivity index (χ0v) is 14.8. The monoisotopic (exact) mass is 349 g/mol. The highest BCUT2D eigenvalue weighted by molar-refractivity contribution is 5.78. The molecule has 0 aromatic carbocycles. The minimum Gasteiger partial charge on any atom is -0.390 e. The van der Waals surface area contributed by atoms with E-state index in [0.717, 1.165) is 13.0 Å². The maximum Gasteiger partial charge on any atom is 0.236 e. The summed E-state index contributed by atoms with van der Waals surface area (Å²) in [4.78, 5) is 24.7. The third-order valence-electron chi connectivity index (χ3n) is 4.68. The van der Waals surface area contributed by atoms with Gasteiger partial charge >= 0.3 is 0 Å². The number of nitrogens with zero attached hydrogens (tertiary/aromatic N) is 4. The standard InChI is InChI=1S/C17H27N5O3/c1-12-8-22(9-13(2)25-12)16(24)11-21-7-4-14(15(23)10-21)20-17-18-5-3-6-19-17/h3,5-6,12-15,23H,4,7-11H2,1-2H3,(H,18,19,20)/t12-,13+,14-,15-/m1/s1. The number of carbonyl (C=O) groups is 1. The van der Waals surface area contributed by atoms with Gasteiger partial charge in [0.15, 0.2) is 0 Å². The molecule has 0 unspecified atom stereocenters. The fraction of sp³-hybridized carbons (Fsp3) is 0.706. The molecule has 3 rings (SSSR count). The molecule has 1 aromatic heterocycles. The first kappa shape index (κ1) is 18.0. The van der Waals surface area contributed by atoms with E-state index < -0.39 is 6.10 Å². The SMILES string of the molecule is C[C@@H]1CN(C(=O)CN2CC[C@@H](Nc3ncccn3)[C@H](O)C2)C[C@H](C)O1. The Morgan fingerprint density at radius 2 is 1.96 bits per heavy atom. The summed E-state index contributed by atoms with van der Waals surface area (Å²) < 4.78 is 5.68. The molecule has 1 amide bonds. The van der Waals surface area contributed by atoms with Crippen LogP contribution in [-0.4, -0.2) is 87.9 Å². The summed E-state index contributed by atoms with van der Waals surface area (Å²) >= 11 is 0. The van der Waals surface area contributed by atoms with Crippen molar-refractivity contribution in [3.63, 3.8) is 0 Å². The van der Waals surface area contributed by atoms with Crippen molar-refractivity contribution in [2.75, 3.05) is 38.0 Å². The van der Waals surface area contributed by atoms with Crippen molar-refractivity contribution in [1.82, 2.24) is 19.8 Å². The van der Waals surface area contributed by atoms with E-state index in [1.807, 2.05) is 23.6 Å². The second-order valence-corrected chi connectivity index (χ2v) is 6.97. The molecule has 25 heavy (non-hydrogen) atoms. The van der Waals surface area contributed by atoms with E-state index in [2.05, 4.69) is 15.3 Å². The Balaban J connectivity index is 1.48. The van der Waals surface area contributed by atoms with E-state index in [-0.39, 0.29) is 24.2 Å². The number of aromatic nitrogens is 2. The lowest BCUT2D eigenvalue weighted by Crippen LogP contribution is -2.55. The molecule has 138 valence electrons. The van der Waals surface area contributed by atoms with Gasteiger partial charge in [0.05, 0.1) is 30.9 Å². The molecule has 2 saturated heterocycles. The van der Waals surface area contributed by atoms with E-state index in [1.165, 1.54) is 0 Å². The van der Waals surface area contributed by atoms with E-state index in [1.54, 1.807) is 18.5 Å². The molecule has 8 heteroatoms. The van der Waals surface area contributed by atoms with Crippen LogP contribution in [-0.2, 0) is 9.53 Å². The number of aliphatic hydroxyl groups is 1. The molecule has 0 bridgehead atoms. The van der Waals surface area contributed by atoms with E-state index >= 15 is 0 Å². The summed E-state index contributed by atoms with van der Waals surface area (Å²) in [6.45, 7) is 6.80. The Bertz CT molecular complexity index is 563. The number of nitrogens with one attached hydrogen (secondary N) is 1. The molecule has 2 aliphatic rings. The summed E-state index contributed by atoms with van der Waals surface area (Å²) in [6.07, 6.45) is 3.65. The van der Waals surface area contributed by atoms with Gasteiger partial charge in [-0.05, 0) is 26.3 Å². The predicted octanol–water partition coefficient (Wildman–Crippen LogP) is -0.0405. The molecule has 0 radical (unpaired) electrons. The van der Waals surface area contributed by atoms with Crippen LogP contribution >= 0.6 is 0 Å². The summed E-state index contributed by atoms with van der Waals surface area (Å²) in [5, 5.41) is 13.6. The first-order valence-electron chi connectivity index (χ1n) is 8.88. The third kappa shape index (κ3) is 4.87. The van der Waals surface area contributed by atoms with Crippen LogP contribution in [0.4, 0.5) is 5.95 Å². The molecule has 0 aliphatic carbocycles. The Kier molecular flexibility index (Phi) is 5.82. The largest absolute Gasteiger partial charge is 0.390 e. The molecule has 0 spiro atoms. The fourth-order valence-electron chi connectivity index (χ4n) is 3.52. The van der Waals surface area contributed by atoms with Gasteiger partial charge in [-0.25, -0.2) is 9.97 Å². The number of rotatable bonds is 4. The number of piperidine rings is 1. The van der Waals surface area contributed by atoms with Gasteiger partial charge in [0.1, 0.15) is 0 Å². The van der Waals surface area contributed by atoms with Crippen molar-refractivity contribution < 1.29 is 14.6 Å². The summed E-state index contributed by atoms with van der Waals surface area (Å²) in [5.74, 6) is 0.624. The number of hydrogen-bond donors (Lipinski definition) is 2. The lowest BCUT2D eigenvalue weighted by atomic mass is 10.0. The Labute approximate surface area is 148 Å². The van der Waals surface area contributed by atoms with Gasteiger partial charge in [-0.1, -0.05) is 0 Å². The maximum atomic E-state index is 12.5. The summed E-state index contributed by atoms with van der Waals surface area (Å²) in [7, 11) is 0. The van der Waals surface area contributed by atoms with Crippen LogP contribution in [0.1, 0.15) is 20.3 Å². The number of carbonyl (C=O) groups excluding carboxylic acids is 1. The molecule has 2 aliphatic heterocycles. The lowest BCUT2D eigenvalue weighted by molar-refractivity contribution is -0.145. The van der Waals surface area contributed by atoms with Crippen molar-refractivity contribution in [2.24, 2.45) is 0 Å². The number of amides is 1. The van der Waals surface area contributed by atoms with Crippen molar-refractivity contribution >= 4 is 11.9 Å². The quantitative estimate of drug-likeness (QED) is 0.788. The number of β-amino-alcohol motifs (C(OH)–C–C–N with tert-alkyl or cyclic N) is 1. The highest BCUT2D eigenvalue weighted by atomic mass is 16.5. The molecule has 4 atom stereocenters. The second kappa shape index (κ2) is 8.07. The van der Waals surface area contributed by atoms with Crippen LogP contribution in [0.25, 0.3) is 0 Å². The topological polar surface area (TPSA) is 90.8 Å². The zero-order valence-electron chi connectivity index (χ0n) is 14.8. The second-order valence-electron chi connectivity index (χ2n) is 6.97. The number of morpholine rings is 1. The third-order valence-corrected chi connectivity index (χ3v) is 4.68. The van der Waals surface area contributed by atoms with Crippen molar-refractivity contribution in [3.8, 4) is 0 Å². The van der Waals surface area contributed by atoms with Crippen molar-refractivity contribution in [3.05, 3.63) is 18.5 Å². The van der Waals surface area contributed by atoms with Crippen LogP contribution in [0.3, 0.4) is 0 Å². The van der Waals surface area contributed by atoms with Gasteiger partial charge in [0.25, 0.3) is 0 Å². The van der Waals surface area contributed by atoms with Gasteiger partial charge < -0.3 is 20.1 Å². The number of anilines is 1. The van der Waals surface area contributed by atoms with Crippen LogP contribution in [0.5, 0.6) is 0 Å². The summed E-state index contributed by atoms with van der Waals surface area (Å²) in [6, 6.07) is 1.65. The van der Waals surface area contributed by atoms with Crippen LogP contribution < -0.4 is 5.32 Å². The molecule has 2 fully saturated rings. The van der Waals surface area contributed by atoms with Gasteiger partial charge in [-0.3, -0.25) is 9.69 Å². The first-order chi connectivity index (χ1) is 12.0. The molecule has 1 aromatic rings. The van der Waals surface area contributed by atoms with Crippen LogP contribution in [0.15, 0.2) is 18.5 Å². The first-order valence-corrected chi connectivity index (χ1v) is 8.88. The number of ether oxygens (including phenoxy) is 1. The van der Waals surface area contributed by atoms with E-state index in [4.69, 9.17) is 4.74 Å². The normalized spacial score (nSPS) is 30.9. The Morgan fingerprint density at radius 3 is 2.60 bits per heavy atom. The number of likely N-dealkylation sites (tertiary alicyclic amines) is 1. The number of aliphatic hydroxyl groups excluding tert-OH is 1. The minimum absolute atomic E-state index is 0.0686. The van der Waals surface area contributed by atoms with E-state index in [9.17, 15) is 9.90 Å². The zero-order chi connectivity index (χ0) is 17.8. The molecule has 8 nitrogen and oxygen atoms in total. The summed E-state index contributed by atoms with van der Waals surface area (Å²) in [5.41, 5.74) is 0. The average molecular weight is 349 g/mol. The Morgan fingerprint density at radius 1 is 1.28 bits per heavy atom. The molecular formula is C17H27N5O3. The molecule has 2 N–H and O–H groups in total. The maximum absolute atomic E-state index is 12.5. The average Bonchev–Trinajstić information content (AvgIpc) is 2.57. The number of hydrogen-bond acceptors (Lipinski definition) is 7.